The van der Waals surface area contributed by atoms with Crippen molar-refractivity contribution < 1.29 is 22.3 Å². The van der Waals surface area contributed by atoms with Gasteiger partial charge < -0.3 is 19.9 Å². The van der Waals surface area contributed by atoms with Gasteiger partial charge in [0.25, 0.3) is 0 Å². The molecule has 3 aromatic heterocycles. The number of nitrogens with zero attached hydrogens (tertiary/aromatic N) is 3. The number of nitrogens with one attached hydrogen (secondary N) is 2. The van der Waals surface area contributed by atoms with Crippen LogP contribution in [0.1, 0.15) is 49.3 Å². The first-order valence-electron chi connectivity index (χ1n) is 14.3. The average Bonchev–Trinajstić information content (AvgIpc) is 3.17. The van der Waals surface area contributed by atoms with Crippen LogP contribution in [0.25, 0.3) is 22.0 Å². The molecule has 0 radical (unpaired) electrons. The summed E-state index contributed by atoms with van der Waals surface area (Å²) < 4.78 is 45.5. The second-order valence-corrected chi connectivity index (χ2v) is 13.5. The van der Waals surface area contributed by atoms with Crippen molar-refractivity contribution in [3.8, 4) is 17.0 Å². The number of nitrogens with two attached hydrogens (primary N) is 1. The van der Waals surface area contributed by atoms with Gasteiger partial charge in [-0.05, 0) is 36.5 Å². The first-order chi connectivity index (χ1) is 20.9. The van der Waals surface area contributed by atoms with Crippen molar-refractivity contribution >= 4 is 32.5 Å². The van der Waals surface area contributed by atoms with Crippen molar-refractivity contribution in [2.45, 2.75) is 49.8 Å². The van der Waals surface area contributed by atoms with Crippen LogP contribution in [-0.4, -0.2) is 55.5 Å². The molecule has 1 fully saturated rings. The van der Waals surface area contributed by atoms with Gasteiger partial charge in [0, 0.05) is 71.8 Å². The fourth-order valence-electron chi connectivity index (χ4n) is 6.38. The minimum atomic E-state index is -3.95. The molecule has 1 aromatic carbocycles. The van der Waals surface area contributed by atoms with Crippen molar-refractivity contribution in [3.63, 3.8) is 0 Å². The number of sulfonamides is 1. The van der Waals surface area contributed by atoms with Crippen molar-refractivity contribution in [3.05, 3.63) is 81.8 Å². The maximum atomic E-state index is 15.7. The summed E-state index contributed by atoms with van der Waals surface area (Å²) in [6, 6.07) is 7.99. The molecule has 44 heavy (non-hydrogen) atoms. The van der Waals surface area contributed by atoms with E-state index in [0.29, 0.717) is 41.5 Å². The van der Waals surface area contributed by atoms with Gasteiger partial charge in [-0.3, -0.25) is 14.6 Å². The molecule has 1 aliphatic carbocycles. The summed E-state index contributed by atoms with van der Waals surface area (Å²) in [6.45, 7) is 4.75. The van der Waals surface area contributed by atoms with Crippen molar-refractivity contribution in [1.29, 1.82) is 0 Å². The fourth-order valence-corrected chi connectivity index (χ4v) is 7.02. The van der Waals surface area contributed by atoms with Gasteiger partial charge in [-0.1, -0.05) is 19.9 Å². The van der Waals surface area contributed by atoms with E-state index in [2.05, 4.69) is 20.3 Å². The molecule has 1 aliphatic heterocycles. The highest BCUT2D eigenvalue weighted by atomic mass is 32.2. The molecule has 0 atom stereocenters. The number of amides is 1. The molecule has 4 heterocycles. The number of carbonyl (C=O) groups excluding carboxylic acids is 1. The normalized spacial score (nSPS) is 19.5. The predicted molar refractivity (Wildman–Crippen MR) is 165 cm³/mol. The molecule has 0 saturated heterocycles. The number of anilines is 1. The number of H-pyrrole nitrogens is 1. The Morgan fingerprint density at radius 2 is 1.95 bits per heavy atom. The zero-order chi connectivity index (χ0) is 31.4. The zero-order valence-electron chi connectivity index (χ0n) is 24.6. The summed E-state index contributed by atoms with van der Waals surface area (Å²) in [5.41, 5.74) is 2.49. The molecule has 6 rings (SSSR count). The highest BCUT2D eigenvalue weighted by molar-refractivity contribution is 7.88. The van der Waals surface area contributed by atoms with E-state index in [1.54, 1.807) is 36.5 Å². The van der Waals surface area contributed by atoms with Crippen LogP contribution in [0, 0.1) is 5.82 Å². The van der Waals surface area contributed by atoms with E-state index in [-0.39, 0.29) is 47.0 Å². The molecule has 4 N–H and O–H groups in total. The third-order valence-electron chi connectivity index (χ3n) is 8.45. The zero-order valence-corrected chi connectivity index (χ0v) is 25.4. The number of benzene rings is 1. The number of rotatable bonds is 9. The summed E-state index contributed by atoms with van der Waals surface area (Å²) in [5.74, 6) is -1.01. The van der Waals surface area contributed by atoms with Gasteiger partial charge in [0.2, 0.25) is 27.4 Å². The number of halogens is 1. The minimum absolute atomic E-state index is 0.0566. The number of hydrogen-bond acceptors (Lipinski definition) is 8. The largest absolute Gasteiger partial charge is 0.476 e. The first kappa shape index (κ1) is 29.9. The van der Waals surface area contributed by atoms with Gasteiger partial charge in [0.1, 0.15) is 12.4 Å². The maximum Gasteiger partial charge on any atom is 0.247 e. The first-order valence-corrected chi connectivity index (χ1v) is 16.0. The van der Waals surface area contributed by atoms with E-state index in [4.69, 9.17) is 9.88 Å². The molecular formula is C31H33FN6O5S. The van der Waals surface area contributed by atoms with Gasteiger partial charge in [-0.25, -0.2) is 22.9 Å². The second-order valence-electron chi connectivity index (χ2n) is 11.9. The van der Waals surface area contributed by atoms with Crippen LogP contribution in [0.2, 0.25) is 0 Å². The standard InChI is InChI=1S/C31H33FN6O5S/c1-17(2)34-6-7-43-29-20(16-44(33,41)42)8-19(14-37-29)22-9-23-25(10-24(22)32)35-15-26-28(23)31(30(40)38(26)3)11-21(12-31)18-4-5-27(39)36-13-18/h4-5,8-10,13-15,17,21,34H,6-7,11-12,16H2,1-3H3,(H,36,39)(H2,33,41,42). The van der Waals surface area contributed by atoms with E-state index in [9.17, 15) is 18.0 Å². The summed E-state index contributed by atoms with van der Waals surface area (Å²) in [6.07, 6.45) is 5.77. The van der Waals surface area contributed by atoms with Crippen molar-refractivity contribution in [1.82, 2.24) is 20.3 Å². The lowest BCUT2D eigenvalue weighted by Crippen LogP contribution is -2.48. The van der Waals surface area contributed by atoms with Gasteiger partial charge >= 0.3 is 0 Å². The van der Waals surface area contributed by atoms with E-state index in [1.165, 1.54) is 24.4 Å². The van der Waals surface area contributed by atoms with Crippen LogP contribution >= 0.6 is 0 Å². The lowest BCUT2D eigenvalue weighted by Gasteiger charge is -2.44. The van der Waals surface area contributed by atoms with E-state index >= 15 is 4.39 Å². The number of likely N-dealkylation sites (N-methyl/N-ethyl adjacent to an activating group) is 1. The van der Waals surface area contributed by atoms with Crippen LogP contribution < -0.4 is 25.7 Å². The van der Waals surface area contributed by atoms with Crippen molar-refractivity contribution in [2.24, 2.45) is 5.14 Å². The summed E-state index contributed by atoms with van der Waals surface area (Å²) in [5, 5.41) is 9.20. The quantitative estimate of drug-likeness (QED) is 0.241. The Labute approximate surface area is 253 Å². The maximum absolute atomic E-state index is 15.7. The molecular weight excluding hydrogens is 587 g/mol. The highest BCUT2D eigenvalue weighted by Crippen LogP contribution is 2.60. The van der Waals surface area contributed by atoms with Crippen LogP contribution in [0.15, 0.2) is 53.7 Å². The lowest BCUT2D eigenvalue weighted by atomic mass is 9.57. The average molecular weight is 621 g/mol. The number of aromatic amines is 1. The molecule has 4 aromatic rings. The number of pyridine rings is 3. The number of hydrogen-bond donors (Lipinski definition) is 3. The Balaban J connectivity index is 1.41. The van der Waals surface area contributed by atoms with Gasteiger partial charge in [-0.15, -0.1) is 0 Å². The van der Waals surface area contributed by atoms with Crippen LogP contribution in [0.3, 0.4) is 0 Å². The third-order valence-corrected chi connectivity index (χ3v) is 9.16. The molecule has 1 amide bonds. The molecule has 0 bridgehead atoms. The SMILES string of the molecule is CC(C)NCCOc1ncc(-c2cc3c4c(cnc3cc2F)N(C)C(=O)C42CC(c3ccc(=O)[nH]c3)C2)cc1CS(N)(=O)=O. The molecule has 13 heteroatoms. The molecule has 1 spiro atoms. The molecule has 2 aliphatic rings. The smallest absolute Gasteiger partial charge is 0.247 e. The Bertz CT molecular complexity index is 1930. The van der Waals surface area contributed by atoms with Gasteiger partial charge in [0.15, 0.2) is 0 Å². The summed E-state index contributed by atoms with van der Waals surface area (Å²) in [4.78, 5) is 38.4. The Hall–Kier alpha value is -4.20. The van der Waals surface area contributed by atoms with Gasteiger partial charge in [0.05, 0.1) is 28.6 Å². The Morgan fingerprint density at radius 1 is 1.18 bits per heavy atom. The number of aromatic nitrogens is 3. The molecule has 230 valence electrons. The topological polar surface area (TPSA) is 160 Å². The van der Waals surface area contributed by atoms with E-state index < -0.39 is 27.0 Å². The van der Waals surface area contributed by atoms with E-state index in [1.807, 2.05) is 13.8 Å². The summed E-state index contributed by atoms with van der Waals surface area (Å²) >= 11 is 0. The van der Waals surface area contributed by atoms with Crippen LogP contribution in [0.4, 0.5) is 10.1 Å². The highest BCUT2D eigenvalue weighted by Gasteiger charge is 2.58. The summed E-state index contributed by atoms with van der Waals surface area (Å²) in [7, 11) is -2.24. The fraction of sp³-hybridized carbons (Fsp3) is 0.355. The minimum Gasteiger partial charge on any atom is -0.476 e. The second kappa shape index (κ2) is 11.1. The third kappa shape index (κ3) is 5.35. The molecule has 0 unspecified atom stereocenters. The number of fused-ring (bicyclic) bond motifs is 4. The van der Waals surface area contributed by atoms with Gasteiger partial charge in [-0.2, -0.15) is 0 Å². The number of carbonyl (C=O) groups is 1. The van der Waals surface area contributed by atoms with Crippen molar-refractivity contribution in [2.75, 3.05) is 25.1 Å². The number of primary sulfonamides is 1. The monoisotopic (exact) mass is 620 g/mol. The number of ether oxygens (including phenoxy) is 1. The molecule has 11 nitrogen and oxygen atoms in total. The Kier molecular flexibility index (Phi) is 7.50. The Morgan fingerprint density at radius 3 is 2.64 bits per heavy atom. The predicted octanol–water partition coefficient (Wildman–Crippen LogP) is 3.08. The van der Waals surface area contributed by atoms with E-state index in [0.717, 1.165) is 11.1 Å². The molecule has 1 saturated carbocycles. The van der Waals surface area contributed by atoms with Crippen LogP contribution in [-0.2, 0) is 26.0 Å². The lowest BCUT2D eigenvalue weighted by molar-refractivity contribution is -0.126. The van der Waals surface area contributed by atoms with Crippen LogP contribution in [0.5, 0.6) is 5.88 Å².